The van der Waals surface area contributed by atoms with Gasteiger partial charge in [0.15, 0.2) is 0 Å². The lowest BCUT2D eigenvalue weighted by atomic mass is 10.1. The van der Waals surface area contributed by atoms with Crippen LogP contribution in [0.2, 0.25) is 0 Å². The molecule has 0 bridgehead atoms. The van der Waals surface area contributed by atoms with Crippen LogP contribution in [0.15, 0.2) is 45.8 Å². The fourth-order valence-electron chi connectivity index (χ4n) is 1.58. The molecule has 0 aliphatic rings. The minimum absolute atomic E-state index is 0.171. The van der Waals surface area contributed by atoms with Crippen molar-refractivity contribution in [3.05, 3.63) is 62.3 Å². The maximum atomic E-state index is 11.8. The van der Waals surface area contributed by atoms with Crippen molar-refractivity contribution in [3.8, 4) is 0 Å². The Labute approximate surface area is 121 Å². The van der Waals surface area contributed by atoms with E-state index >= 15 is 0 Å². The van der Waals surface area contributed by atoms with Gasteiger partial charge in [0.05, 0.1) is 6.21 Å². The van der Waals surface area contributed by atoms with Crippen LogP contribution in [-0.4, -0.2) is 21.1 Å². The summed E-state index contributed by atoms with van der Waals surface area (Å²) < 4.78 is 1.30. The standard InChI is InChI=1S/C14H14N4OS/c1-10(8-12-6-4-3-5-7-12)9-15-18-13(19)11(2)16-17-14(18)20/h3-9H,1-2H3,(H,17,20)/b10-8+,15-9-. The number of rotatable bonds is 3. The van der Waals surface area contributed by atoms with Crippen LogP contribution in [0.1, 0.15) is 18.2 Å². The van der Waals surface area contributed by atoms with E-state index in [1.165, 1.54) is 0 Å². The predicted octanol–water partition coefficient (Wildman–Crippen LogP) is 2.55. The monoisotopic (exact) mass is 286 g/mol. The number of benzene rings is 1. The van der Waals surface area contributed by atoms with Gasteiger partial charge in [-0.3, -0.25) is 9.89 Å². The van der Waals surface area contributed by atoms with Crippen LogP contribution in [0.25, 0.3) is 6.08 Å². The molecule has 2 rings (SSSR count). The highest BCUT2D eigenvalue weighted by Gasteiger charge is 2.00. The molecule has 0 aliphatic carbocycles. The molecule has 6 heteroatoms. The number of allylic oxidation sites excluding steroid dienone is 1. The van der Waals surface area contributed by atoms with Gasteiger partial charge >= 0.3 is 0 Å². The largest absolute Gasteiger partial charge is 0.296 e. The molecule has 0 saturated carbocycles. The van der Waals surface area contributed by atoms with Gasteiger partial charge in [-0.05, 0) is 37.2 Å². The normalized spacial score (nSPS) is 12.0. The molecule has 5 nitrogen and oxygen atoms in total. The quantitative estimate of drug-likeness (QED) is 0.696. The molecule has 102 valence electrons. The maximum Gasteiger partial charge on any atom is 0.296 e. The van der Waals surface area contributed by atoms with E-state index in [1.807, 2.05) is 43.3 Å². The minimum atomic E-state index is -0.322. The van der Waals surface area contributed by atoms with Crippen molar-refractivity contribution in [2.24, 2.45) is 5.10 Å². The molecule has 0 aliphatic heterocycles. The first-order valence-corrected chi connectivity index (χ1v) is 6.45. The van der Waals surface area contributed by atoms with Crippen LogP contribution in [-0.2, 0) is 0 Å². The van der Waals surface area contributed by atoms with Gasteiger partial charge in [-0.15, -0.1) is 0 Å². The molecule has 1 heterocycles. The third kappa shape index (κ3) is 3.36. The van der Waals surface area contributed by atoms with Gasteiger partial charge in [0, 0.05) is 0 Å². The Morgan fingerprint density at radius 3 is 2.80 bits per heavy atom. The number of hydrogen-bond acceptors (Lipinski definition) is 4. The van der Waals surface area contributed by atoms with Gasteiger partial charge in [-0.2, -0.15) is 14.9 Å². The van der Waals surface area contributed by atoms with Gasteiger partial charge in [0.1, 0.15) is 5.69 Å². The molecule has 1 aromatic heterocycles. The molecule has 2 aromatic rings. The van der Waals surface area contributed by atoms with Gasteiger partial charge in [0.2, 0.25) is 4.77 Å². The van der Waals surface area contributed by atoms with Crippen LogP contribution in [0.5, 0.6) is 0 Å². The van der Waals surface area contributed by atoms with Crippen LogP contribution < -0.4 is 5.56 Å². The van der Waals surface area contributed by atoms with Gasteiger partial charge < -0.3 is 0 Å². The number of aromatic nitrogens is 3. The van der Waals surface area contributed by atoms with E-state index in [0.29, 0.717) is 5.69 Å². The lowest BCUT2D eigenvalue weighted by molar-refractivity contribution is 0.720. The number of nitrogens with zero attached hydrogens (tertiary/aromatic N) is 3. The summed E-state index contributed by atoms with van der Waals surface area (Å²) in [5, 5.41) is 10.5. The molecule has 1 N–H and O–H groups in total. The molecule has 0 radical (unpaired) electrons. The summed E-state index contributed by atoms with van der Waals surface area (Å²) in [7, 11) is 0. The third-order valence-electron chi connectivity index (χ3n) is 2.58. The van der Waals surface area contributed by atoms with E-state index < -0.39 is 0 Å². The van der Waals surface area contributed by atoms with Crippen molar-refractivity contribution < 1.29 is 0 Å². The topological polar surface area (TPSA) is 63.0 Å². The zero-order valence-electron chi connectivity index (χ0n) is 11.2. The number of nitrogens with one attached hydrogen (secondary N) is 1. The molecule has 1 aromatic carbocycles. The maximum absolute atomic E-state index is 11.8. The first-order chi connectivity index (χ1) is 9.58. The number of aromatic amines is 1. The van der Waals surface area contributed by atoms with E-state index in [-0.39, 0.29) is 10.3 Å². The summed E-state index contributed by atoms with van der Waals surface area (Å²) >= 11 is 4.99. The van der Waals surface area contributed by atoms with Crippen molar-refractivity contribution in [1.82, 2.24) is 14.9 Å². The first-order valence-electron chi connectivity index (χ1n) is 6.04. The third-order valence-corrected chi connectivity index (χ3v) is 2.85. The lowest BCUT2D eigenvalue weighted by Gasteiger charge is -1.99. The van der Waals surface area contributed by atoms with E-state index in [2.05, 4.69) is 15.3 Å². The van der Waals surface area contributed by atoms with Crippen molar-refractivity contribution in [1.29, 1.82) is 0 Å². The second kappa shape index (κ2) is 6.21. The van der Waals surface area contributed by atoms with Gasteiger partial charge in [-0.1, -0.05) is 36.4 Å². The molecule has 0 saturated heterocycles. The molecule has 20 heavy (non-hydrogen) atoms. The lowest BCUT2D eigenvalue weighted by Crippen LogP contribution is -2.22. The van der Waals surface area contributed by atoms with Crippen molar-refractivity contribution in [2.75, 3.05) is 0 Å². The number of hydrogen-bond donors (Lipinski definition) is 1. The van der Waals surface area contributed by atoms with Crippen molar-refractivity contribution >= 4 is 24.5 Å². The highest BCUT2D eigenvalue weighted by atomic mass is 32.1. The van der Waals surface area contributed by atoms with Gasteiger partial charge in [-0.25, -0.2) is 0 Å². The molecule has 0 atom stereocenters. The Morgan fingerprint density at radius 2 is 2.10 bits per heavy atom. The van der Waals surface area contributed by atoms with Crippen LogP contribution in [0.4, 0.5) is 0 Å². The molecular weight excluding hydrogens is 272 g/mol. The molecular formula is C14H14N4OS. The summed E-state index contributed by atoms with van der Waals surface area (Å²) in [6.07, 6.45) is 3.56. The summed E-state index contributed by atoms with van der Waals surface area (Å²) in [5.74, 6) is 0. The van der Waals surface area contributed by atoms with Crippen LogP contribution in [0.3, 0.4) is 0 Å². The fourth-order valence-corrected chi connectivity index (χ4v) is 1.75. The number of H-pyrrole nitrogens is 1. The second-order valence-electron chi connectivity index (χ2n) is 4.27. The highest BCUT2D eigenvalue weighted by Crippen LogP contribution is 2.04. The second-order valence-corrected chi connectivity index (χ2v) is 4.66. The van der Waals surface area contributed by atoms with Crippen molar-refractivity contribution in [3.63, 3.8) is 0 Å². The average molecular weight is 286 g/mol. The summed E-state index contributed by atoms with van der Waals surface area (Å²) in [5.41, 5.74) is 1.98. The van der Waals surface area contributed by atoms with Gasteiger partial charge in [0.25, 0.3) is 5.56 Å². The molecule has 0 amide bonds. The molecule has 0 spiro atoms. The summed E-state index contributed by atoms with van der Waals surface area (Å²) in [6.45, 7) is 3.51. The molecule has 0 fully saturated rings. The average Bonchev–Trinajstić information content (AvgIpc) is 2.44. The SMILES string of the molecule is CC(/C=N\n1c(=S)[nH]nc(C)c1=O)=C\c1ccccc1. The Bertz CT molecular complexity index is 772. The van der Waals surface area contributed by atoms with Crippen molar-refractivity contribution in [2.45, 2.75) is 13.8 Å². The highest BCUT2D eigenvalue weighted by molar-refractivity contribution is 7.71. The predicted molar refractivity (Wildman–Crippen MR) is 82.4 cm³/mol. The zero-order chi connectivity index (χ0) is 14.5. The van der Waals surface area contributed by atoms with E-state index in [9.17, 15) is 4.79 Å². The summed E-state index contributed by atoms with van der Waals surface area (Å²) in [6, 6.07) is 9.87. The Morgan fingerprint density at radius 1 is 1.40 bits per heavy atom. The Balaban J connectivity index is 2.31. The molecule has 0 unspecified atom stereocenters. The fraction of sp³-hybridized carbons (Fsp3) is 0.143. The van der Waals surface area contributed by atoms with E-state index in [0.717, 1.165) is 15.8 Å². The Hall–Kier alpha value is -2.34. The van der Waals surface area contributed by atoms with Crippen LogP contribution >= 0.6 is 12.2 Å². The zero-order valence-corrected chi connectivity index (χ0v) is 12.0. The van der Waals surface area contributed by atoms with E-state index in [1.54, 1.807) is 13.1 Å². The van der Waals surface area contributed by atoms with E-state index in [4.69, 9.17) is 12.2 Å². The smallest absolute Gasteiger partial charge is 0.265 e. The first kappa shape index (κ1) is 14.1. The number of aryl methyl sites for hydroxylation is 1. The summed E-state index contributed by atoms with van der Waals surface area (Å²) in [4.78, 5) is 11.8. The minimum Gasteiger partial charge on any atom is -0.265 e. The van der Waals surface area contributed by atoms with Crippen LogP contribution in [0, 0.1) is 11.7 Å². The Kier molecular flexibility index (Phi) is 4.37.